The van der Waals surface area contributed by atoms with Crippen molar-refractivity contribution < 1.29 is 4.74 Å². The Morgan fingerprint density at radius 1 is 1.15 bits per heavy atom. The Kier molecular flexibility index (Phi) is 3.97. The highest BCUT2D eigenvalue weighted by Crippen LogP contribution is 2.37. The van der Waals surface area contributed by atoms with E-state index in [2.05, 4.69) is 63.3 Å². The van der Waals surface area contributed by atoms with Gasteiger partial charge < -0.3 is 9.64 Å². The Bertz CT molecular complexity index is 599. The third-order valence-electron chi connectivity index (χ3n) is 3.87. The average Bonchev–Trinajstić information content (AvgIpc) is 2.97. The molecule has 2 aromatic carbocycles. The summed E-state index contributed by atoms with van der Waals surface area (Å²) in [6.45, 7) is 1.10. The molecule has 0 aliphatic carbocycles. The number of anilines is 1. The Morgan fingerprint density at radius 3 is 2.80 bits per heavy atom. The van der Waals surface area contributed by atoms with E-state index < -0.39 is 0 Å². The molecule has 20 heavy (non-hydrogen) atoms. The summed E-state index contributed by atoms with van der Waals surface area (Å²) in [6, 6.07) is 17.4. The fourth-order valence-corrected chi connectivity index (χ4v) is 3.34. The van der Waals surface area contributed by atoms with Crippen LogP contribution in [0.25, 0.3) is 0 Å². The van der Waals surface area contributed by atoms with Crippen LogP contribution in [-0.2, 0) is 0 Å². The predicted molar refractivity (Wildman–Crippen MR) is 86.5 cm³/mol. The van der Waals surface area contributed by atoms with Gasteiger partial charge in [0.25, 0.3) is 0 Å². The number of halogens is 1. The van der Waals surface area contributed by atoms with Crippen molar-refractivity contribution in [1.29, 1.82) is 0 Å². The molecule has 1 aliphatic heterocycles. The second-order valence-electron chi connectivity index (χ2n) is 5.11. The van der Waals surface area contributed by atoms with Crippen molar-refractivity contribution in [2.45, 2.75) is 18.9 Å². The number of methoxy groups -OCH3 is 1. The summed E-state index contributed by atoms with van der Waals surface area (Å²) in [4.78, 5) is 2.48. The lowest BCUT2D eigenvalue weighted by Crippen LogP contribution is -2.22. The van der Waals surface area contributed by atoms with E-state index in [1.54, 1.807) is 7.11 Å². The van der Waals surface area contributed by atoms with Gasteiger partial charge in [-0.2, -0.15) is 0 Å². The van der Waals surface area contributed by atoms with Crippen LogP contribution in [0.1, 0.15) is 24.4 Å². The molecule has 0 saturated carbocycles. The van der Waals surface area contributed by atoms with Crippen LogP contribution in [0.5, 0.6) is 5.75 Å². The van der Waals surface area contributed by atoms with E-state index in [1.165, 1.54) is 24.1 Å². The summed E-state index contributed by atoms with van der Waals surface area (Å²) in [5, 5.41) is 0. The topological polar surface area (TPSA) is 12.5 Å². The van der Waals surface area contributed by atoms with Crippen LogP contribution in [0.4, 0.5) is 5.69 Å². The molecule has 0 bridgehead atoms. The zero-order chi connectivity index (χ0) is 13.9. The highest BCUT2D eigenvalue weighted by atomic mass is 79.9. The number of hydrogen-bond donors (Lipinski definition) is 0. The van der Waals surface area contributed by atoms with Crippen molar-refractivity contribution in [3.63, 3.8) is 0 Å². The SMILES string of the molecule is COc1cccc(N2CCCC2c2cccc(Br)c2)c1. The van der Waals surface area contributed by atoms with E-state index in [4.69, 9.17) is 4.74 Å². The third-order valence-corrected chi connectivity index (χ3v) is 4.36. The third kappa shape index (κ3) is 2.68. The zero-order valence-electron chi connectivity index (χ0n) is 11.6. The summed E-state index contributed by atoms with van der Waals surface area (Å²) >= 11 is 3.57. The summed E-state index contributed by atoms with van der Waals surface area (Å²) in [7, 11) is 1.72. The molecule has 3 heteroatoms. The molecule has 0 aromatic heterocycles. The van der Waals surface area contributed by atoms with E-state index >= 15 is 0 Å². The quantitative estimate of drug-likeness (QED) is 0.801. The van der Waals surface area contributed by atoms with Crippen LogP contribution in [-0.4, -0.2) is 13.7 Å². The molecule has 1 aliphatic rings. The van der Waals surface area contributed by atoms with Gasteiger partial charge >= 0.3 is 0 Å². The largest absolute Gasteiger partial charge is 0.497 e. The Labute approximate surface area is 128 Å². The summed E-state index contributed by atoms with van der Waals surface area (Å²) in [6.07, 6.45) is 2.43. The molecule has 2 nitrogen and oxygen atoms in total. The van der Waals surface area contributed by atoms with E-state index in [0.717, 1.165) is 16.8 Å². The van der Waals surface area contributed by atoms with Crippen molar-refractivity contribution >= 4 is 21.6 Å². The smallest absolute Gasteiger partial charge is 0.120 e. The van der Waals surface area contributed by atoms with Crippen LogP contribution in [0.2, 0.25) is 0 Å². The first-order valence-corrected chi connectivity index (χ1v) is 7.73. The van der Waals surface area contributed by atoms with Gasteiger partial charge in [-0.15, -0.1) is 0 Å². The van der Waals surface area contributed by atoms with E-state index in [9.17, 15) is 0 Å². The Hall–Kier alpha value is -1.48. The minimum Gasteiger partial charge on any atom is -0.497 e. The summed E-state index contributed by atoms with van der Waals surface area (Å²) < 4.78 is 6.49. The summed E-state index contributed by atoms with van der Waals surface area (Å²) in [5.74, 6) is 0.919. The number of nitrogens with zero attached hydrogens (tertiary/aromatic N) is 1. The molecular formula is C17H18BrNO. The Balaban J connectivity index is 1.92. The molecule has 1 heterocycles. The number of hydrogen-bond acceptors (Lipinski definition) is 2. The molecule has 3 rings (SSSR count). The van der Waals surface area contributed by atoms with Crippen molar-refractivity contribution in [3.05, 3.63) is 58.6 Å². The first-order valence-electron chi connectivity index (χ1n) is 6.94. The monoisotopic (exact) mass is 331 g/mol. The first kappa shape index (κ1) is 13.5. The van der Waals surface area contributed by atoms with Gasteiger partial charge in [0.05, 0.1) is 13.2 Å². The fraction of sp³-hybridized carbons (Fsp3) is 0.294. The Morgan fingerprint density at radius 2 is 2.00 bits per heavy atom. The molecule has 0 amide bonds. The van der Waals surface area contributed by atoms with Crippen LogP contribution in [0, 0.1) is 0 Å². The van der Waals surface area contributed by atoms with Gasteiger partial charge in [-0.3, -0.25) is 0 Å². The van der Waals surface area contributed by atoms with E-state index in [0.29, 0.717) is 6.04 Å². The maximum atomic E-state index is 5.34. The highest BCUT2D eigenvalue weighted by Gasteiger charge is 2.26. The lowest BCUT2D eigenvalue weighted by molar-refractivity contribution is 0.414. The van der Waals surface area contributed by atoms with Crippen molar-refractivity contribution in [1.82, 2.24) is 0 Å². The minimum atomic E-state index is 0.458. The molecule has 1 saturated heterocycles. The summed E-state index contributed by atoms with van der Waals surface area (Å²) in [5.41, 5.74) is 2.62. The van der Waals surface area contributed by atoms with Crippen molar-refractivity contribution in [2.75, 3.05) is 18.6 Å². The normalized spacial score (nSPS) is 18.3. The molecular weight excluding hydrogens is 314 g/mol. The minimum absolute atomic E-state index is 0.458. The van der Waals surface area contributed by atoms with Crippen molar-refractivity contribution in [2.24, 2.45) is 0 Å². The molecule has 2 aromatic rings. The molecule has 0 radical (unpaired) electrons. The number of benzene rings is 2. The van der Waals surface area contributed by atoms with Crippen LogP contribution < -0.4 is 9.64 Å². The lowest BCUT2D eigenvalue weighted by Gasteiger charge is -2.27. The number of rotatable bonds is 3. The van der Waals surface area contributed by atoms with Gasteiger partial charge in [-0.25, -0.2) is 0 Å². The maximum absolute atomic E-state index is 5.34. The fourth-order valence-electron chi connectivity index (χ4n) is 2.93. The second kappa shape index (κ2) is 5.88. The highest BCUT2D eigenvalue weighted by molar-refractivity contribution is 9.10. The standard InChI is InChI=1S/C17H18BrNO/c1-20-16-8-3-7-15(12-16)19-10-4-9-17(19)13-5-2-6-14(18)11-13/h2-3,5-8,11-12,17H,4,9-10H2,1H3. The van der Waals surface area contributed by atoms with Crippen LogP contribution in [0.3, 0.4) is 0 Å². The first-order chi connectivity index (χ1) is 9.78. The van der Waals surface area contributed by atoms with Gasteiger partial charge in [-0.05, 0) is 42.7 Å². The van der Waals surface area contributed by atoms with Crippen LogP contribution in [0.15, 0.2) is 53.0 Å². The van der Waals surface area contributed by atoms with Gasteiger partial charge in [0.15, 0.2) is 0 Å². The van der Waals surface area contributed by atoms with Gasteiger partial charge in [0.2, 0.25) is 0 Å². The average molecular weight is 332 g/mol. The van der Waals surface area contributed by atoms with Gasteiger partial charge in [0, 0.05) is 22.8 Å². The molecule has 104 valence electrons. The molecule has 0 spiro atoms. The molecule has 1 fully saturated rings. The van der Waals surface area contributed by atoms with Gasteiger partial charge in [-0.1, -0.05) is 34.1 Å². The lowest BCUT2D eigenvalue weighted by atomic mass is 10.0. The predicted octanol–water partition coefficient (Wildman–Crippen LogP) is 4.80. The molecule has 1 unspecified atom stereocenters. The van der Waals surface area contributed by atoms with Gasteiger partial charge in [0.1, 0.15) is 5.75 Å². The molecule has 1 atom stereocenters. The van der Waals surface area contributed by atoms with E-state index in [1.807, 2.05) is 6.07 Å². The van der Waals surface area contributed by atoms with E-state index in [-0.39, 0.29) is 0 Å². The van der Waals surface area contributed by atoms with Crippen LogP contribution >= 0.6 is 15.9 Å². The maximum Gasteiger partial charge on any atom is 0.120 e. The van der Waals surface area contributed by atoms with Crippen molar-refractivity contribution in [3.8, 4) is 5.75 Å². The second-order valence-corrected chi connectivity index (χ2v) is 6.02. The number of ether oxygens (including phenoxy) is 1. The zero-order valence-corrected chi connectivity index (χ0v) is 13.1. The molecule has 0 N–H and O–H groups in total.